The van der Waals surface area contributed by atoms with Crippen LogP contribution in [0.2, 0.25) is 0 Å². The molecule has 1 heterocycles. The lowest BCUT2D eigenvalue weighted by molar-refractivity contribution is -0.122. The number of amides is 1. The third-order valence-corrected chi connectivity index (χ3v) is 2.14. The lowest BCUT2D eigenvalue weighted by Gasteiger charge is -2.10. The first kappa shape index (κ1) is 11.7. The average molecular weight is 210 g/mol. The van der Waals surface area contributed by atoms with Crippen molar-refractivity contribution in [1.82, 2.24) is 15.1 Å². The van der Waals surface area contributed by atoms with Crippen LogP contribution in [0, 0.1) is 0 Å². The van der Waals surface area contributed by atoms with E-state index in [0.717, 1.165) is 12.8 Å². The second-order valence-electron chi connectivity index (χ2n) is 3.46. The molecule has 0 spiro atoms. The number of aromatic nitrogens is 2. The average Bonchev–Trinajstić information content (AvgIpc) is 2.71. The van der Waals surface area contributed by atoms with Gasteiger partial charge >= 0.3 is 0 Å². The number of nitrogens with two attached hydrogens (primary N) is 1. The molecule has 0 aromatic carbocycles. The van der Waals surface area contributed by atoms with Crippen LogP contribution in [-0.4, -0.2) is 28.3 Å². The van der Waals surface area contributed by atoms with Gasteiger partial charge in [0.05, 0.1) is 12.6 Å². The number of nitrogens with one attached hydrogen (secondary N) is 1. The van der Waals surface area contributed by atoms with Gasteiger partial charge in [0, 0.05) is 18.9 Å². The second-order valence-corrected chi connectivity index (χ2v) is 3.46. The summed E-state index contributed by atoms with van der Waals surface area (Å²) in [7, 11) is 0. The molecular weight excluding hydrogens is 192 g/mol. The van der Waals surface area contributed by atoms with E-state index in [2.05, 4.69) is 10.4 Å². The molecule has 1 rings (SSSR count). The molecule has 0 bridgehead atoms. The highest BCUT2D eigenvalue weighted by molar-refractivity contribution is 5.81. The van der Waals surface area contributed by atoms with E-state index >= 15 is 0 Å². The van der Waals surface area contributed by atoms with Gasteiger partial charge in [-0.1, -0.05) is 13.3 Å². The van der Waals surface area contributed by atoms with E-state index in [4.69, 9.17) is 5.73 Å². The van der Waals surface area contributed by atoms with Crippen LogP contribution in [0.4, 0.5) is 0 Å². The van der Waals surface area contributed by atoms with Crippen LogP contribution in [0.15, 0.2) is 18.5 Å². The van der Waals surface area contributed by atoms with Crippen LogP contribution in [-0.2, 0) is 11.3 Å². The molecule has 5 nitrogen and oxygen atoms in total. The Morgan fingerprint density at radius 1 is 1.67 bits per heavy atom. The summed E-state index contributed by atoms with van der Waals surface area (Å²) in [5, 5.41) is 6.81. The largest absolute Gasteiger partial charge is 0.353 e. The van der Waals surface area contributed by atoms with Crippen molar-refractivity contribution in [3.8, 4) is 0 Å². The zero-order valence-corrected chi connectivity index (χ0v) is 9.02. The molecule has 1 amide bonds. The Hall–Kier alpha value is -1.36. The Labute approximate surface area is 89.6 Å². The molecule has 0 radical (unpaired) electrons. The van der Waals surface area contributed by atoms with Gasteiger partial charge in [0.2, 0.25) is 5.91 Å². The summed E-state index contributed by atoms with van der Waals surface area (Å²) in [5.74, 6) is -0.0796. The van der Waals surface area contributed by atoms with Gasteiger partial charge in [0.25, 0.3) is 0 Å². The van der Waals surface area contributed by atoms with Gasteiger partial charge < -0.3 is 11.1 Å². The van der Waals surface area contributed by atoms with Gasteiger partial charge in [-0.05, 0) is 12.5 Å². The lowest BCUT2D eigenvalue weighted by Crippen LogP contribution is -2.41. The zero-order chi connectivity index (χ0) is 11.1. The molecule has 3 N–H and O–H groups in total. The number of carbonyl (C=O) groups excluding carboxylic acids is 1. The molecular formula is C10H18N4O. The van der Waals surface area contributed by atoms with Gasteiger partial charge in [0.15, 0.2) is 0 Å². The lowest BCUT2D eigenvalue weighted by atomic mass is 10.2. The summed E-state index contributed by atoms with van der Waals surface area (Å²) in [6.07, 6.45) is 5.23. The van der Waals surface area contributed by atoms with Crippen LogP contribution >= 0.6 is 0 Å². The number of nitrogens with zero attached hydrogens (tertiary/aromatic N) is 2. The maximum atomic E-state index is 11.4. The number of rotatable bonds is 6. The van der Waals surface area contributed by atoms with Crippen molar-refractivity contribution in [2.24, 2.45) is 5.73 Å². The predicted octanol–water partition coefficient (Wildman–Crippen LogP) is 0.127. The molecule has 0 fully saturated rings. The van der Waals surface area contributed by atoms with Gasteiger partial charge in [-0.25, -0.2) is 0 Å². The Kier molecular flexibility index (Phi) is 4.83. The van der Waals surface area contributed by atoms with Crippen molar-refractivity contribution in [3.63, 3.8) is 0 Å². The topological polar surface area (TPSA) is 72.9 Å². The van der Waals surface area contributed by atoms with E-state index in [1.807, 2.05) is 19.2 Å². The molecule has 84 valence electrons. The van der Waals surface area contributed by atoms with Crippen molar-refractivity contribution in [1.29, 1.82) is 0 Å². The number of hydrogen-bond donors (Lipinski definition) is 2. The molecule has 0 saturated heterocycles. The zero-order valence-electron chi connectivity index (χ0n) is 9.02. The fraction of sp³-hybridized carbons (Fsp3) is 0.600. The van der Waals surface area contributed by atoms with E-state index in [1.165, 1.54) is 0 Å². The molecule has 1 unspecified atom stereocenters. The second kappa shape index (κ2) is 6.19. The van der Waals surface area contributed by atoms with Crippen LogP contribution in [0.25, 0.3) is 0 Å². The summed E-state index contributed by atoms with van der Waals surface area (Å²) in [4.78, 5) is 11.4. The van der Waals surface area contributed by atoms with E-state index in [-0.39, 0.29) is 11.9 Å². The fourth-order valence-corrected chi connectivity index (χ4v) is 1.30. The normalized spacial score (nSPS) is 12.4. The minimum atomic E-state index is -0.382. The molecule has 0 aliphatic heterocycles. The van der Waals surface area contributed by atoms with Crippen LogP contribution in [0.1, 0.15) is 19.8 Å². The molecule has 1 atom stereocenters. The predicted molar refractivity (Wildman–Crippen MR) is 58.1 cm³/mol. The van der Waals surface area contributed by atoms with E-state index in [9.17, 15) is 4.79 Å². The van der Waals surface area contributed by atoms with Crippen molar-refractivity contribution >= 4 is 5.91 Å². The third-order valence-electron chi connectivity index (χ3n) is 2.14. The van der Waals surface area contributed by atoms with Crippen molar-refractivity contribution in [2.75, 3.05) is 6.54 Å². The highest BCUT2D eigenvalue weighted by Gasteiger charge is 2.10. The smallest absolute Gasteiger partial charge is 0.236 e. The Morgan fingerprint density at radius 2 is 2.47 bits per heavy atom. The van der Waals surface area contributed by atoms with Crippen molar-refractivity contribution in [2.45, 2.75) is 32.4 Å². The first-order valence-electron chi connectivity index (χ1n) is 5.24. The van der Waals surface area contributed by atoms with Gasteiger partial charge in [-0.15, -0.1) is 0 Å². The van der Waals surface area contributed by atoms with Crippen molar-refractivity contribution < 1.29 is 4.79 Å². The summed E-state index contributed by atoms with van der Waals surface area (Å²) in [6.45, 7) is 3.26. The standard InChI is InChI=1S/C10H18N4O/c1-2-4-9(11)10(15)12-6-8-14-7-3-5-13-14/h3,5,7,9H,2,4,6,8,11H2,1H3,(H,12,15). The molecule has 15 heavy (non-hydrogen) atoms. The number of carbonyl (C=O) groups is 1. The molecule has 1 aromatic heterocycles. The summed E-state index contributed by atoms with van der Waals surface area (Å²) in [5.41, 5.74) is 5.65. The van der Waals surface area contributed by atoms with Gasteiger partial charge in [-0.2, -0.15) is 5.10 Å². The minimum absolute atomic E-state index is 0.0796. The van der Waals surface area contributed by atoms with E-state index in [1.54, 1.807) is 10.9 Å². The molecule has 5 heteroatoms. The highest BCUT2D eigenvalue weighted by atomic mass is 16.2. The molecule has 0 aliphatic rings. The molecule has 1 aromatic rings. The molecule has 0 aliphatic carbocycles. The fourth-order valence-electron chi connectivity index (χ4n) is 1.30. The summed E-state index contributed by atoms with van der Waals surface area (Å²) in [6, 6.07) is 1.47. The van der Waals surface area contributed by atoms with Gasteiger partial charge in [-0.3, -0.25) is 9.48 Å². The van der Waals surface area contributed by atoms with E-state index < -0.39 is 0 Å². The van der Waals surface area contributed by atoms with Crippen LogP contribution < -0.4 is 11.1 Å². The van der Waals surface area contributed by atoms with Gasteiger partial charge in [0.1, 0.15) is 0 Å². The first-order valence-corrected chi connectivity index (χ1v) is 5.24. The van der Waals surface area contributed by atoms with Crippen molar-refractivity contribution in [3.05, 3.63) is 18.5 Å². The maximum absolute atomic E-state index is 11.4. The monoisotopic (exact) mass is 210 g/mol. The SMILES string of the molecule is CCCC(N)C(=O)NCCn1cccn1. The number of hydrogen-bond acceptors (Lipinski definition) is 3. The van der Waals surface area contributed by atoms with Crippen LogP contribution in [0.5, 0.6) is 0 Å². The Morgan fingerprint density at radius 3 is 3.07 bits per heavy atom. The Bertz CT molecular complexity index is 284. The summed E-state index contributed by atoms with van der Waals surface area (Å²) >= 11 is 0. The Balaban J connectivity index is 2.17. The van der Waals surface area contributed by atoms with Crippen LogP contribution in [0.3, 0.4) is 0 Å². The van der Waals surface area contributed by atoms with E-state index in [0.29, 0.717) is 13.1 Å². The first-order chi connectivity index (χ1) is 7.24. The quantitative estimate of drug-likeness (QED) is 0.700. The third kappa shape index (κ3) is 4.12. The maximum Gasteiger partial charge on any atom is 0.236 e. The molecule has 0 saturated carbocycles. The highest BCUT2D eigenvalue weighted by Crippen LogP contribution is 1.92. The summed E-state index contributed by atoms with van der Waals surface area (Å²) < 4.78 is 1.77. The minimum Gasteiger partial charge on any atom is -0.353 e.